The Kier molecular flexibility index (Phi) is 3.50. The lowest BCUT2D eigenvalue weighted by Gasteiger charge is -2.02. The predicted molar refractivity (Wildman–Crippen MR) is 70.8 cm³/mol. The number of aryl methyl sites for hydroxylation is 1. The van der Waals surface area contributed by atoms with Gasteiger partial charge >= 0.3 is 5.97 Å². The maximum absolute atomic E-state index is 11.3. The molecule has 0 spiro atoms. The largest absolute Gasteiger partial charge is 0.465 e. The van der Waals surface area contributed by atoms with Crippen molar-refractivity contribution in [1.82, 2.24) is 0 Å². The summed E-state index contributed by atoms with van der Waals surface area (Å²) in [6.07, 6.45) is 0. The van der Waals surface area contributed by atoms with Gasteiger partial charge in [0.15, 0.2) is 0 Å². The second-order valence-electron chi connectivity index (χ2n) is 3.61. The first-order valence-corrected chi connectivity index (χ1v) is 6.26. The third-order valence-corrected chi connectivity index (χ3v) is 3.70. The molecule has 0 fully saturated rings. The summed E-state index contributed by atoms with van der Waals surface area (Å²) in [5.41, 5.74) is 2.55. The molecular formula is C13H11ClO2S. The van der Waals surface area contributed by atoms with Crippen molar-refractivity contribution in [2.24, 2.45) is 0 Å². The van der Waals surface area contributed by atoms with Gasteiger partial charge in [-0.1, -0.05) is 23.7 Å². The smallest absolute Gasteiger partial charge is 0.337 e. The Labute approximate surface area is 109 Å². The number of thiophene rings is 1. The number of esters is 1. The minimum absolute atomic E-state index is 0.329. The summed E-state index contributed by atoms with van der Waals surface area (Å²) in [5.74, 6) is -0.329. The monoisotopic (exact) mass is 266 g/mol. The molecule has 0 aliphatic heterocycles. The van der Waals surface area contributed by atoms with E-state index in [-0.39, 0.29) is 5.97 Å². The average Bonchev–Trinajstić information content (AvgIpc) is 2.68. The van der Waals surface area contributed by atoms with Crippen LogP contribution in [0.1, 0.15) is 15.2 Å². The van der Waals surface area contributed by atoms with Gasteiger partial charge < -0.3 is 4.74 Å². The second kappa shape index (κ2) is 4.90. The Morgan fingerprint density at radius 2 is 1.94 bits per heavy atom. The molecule has 0 saturated heterocycles. The summed E-state index contributed by atoms with van der Waals surface area (Å²) in [6.45, 7) is 2.02. The van der Waals surface area contributed by atoms with E-state index >= 15 is 0 Å². The topological polar surface area (TPSA) is 26.3 Å². The number of halogens is 1. The fourth-order valence-corrected chi connectivity index (χ4v) is 2.86. The standard InChI is InChI=1S/C13H11ClO2S/c1-8-7-11(12(14)17-8)9-3-5-10(6-4-9)13(15)16-2/h3-7H,1-2H3. The first-order valence-electron chi connectivity index (χ1n) is 5.06. The number of ether oxygens (including phenoxy) is 1. The molecule has 2 rings (SSSR count). The van der Waals surface area contributed by atoms with Gasteiger partial charge in [0.2, 0.25) is 0 Å². The van der Waals surface area contributed by atoms with E-state index in [0.29, 0.717) is 5.56 Å². The van der Waals surface area contributed by atoms with E-state index in [1.54, 1.807) is 23.5 Å². The van der Waals surface area contributed by atoms with E-state index in [0.717, 1.165) is 15.5 Å². The van der Waals surface area contributed by atoms with Crippen LogP contribution in [0.3, 0.4) is 0 Å². The third kappa shape index (κ3) is 2.51. The highest BCUT2D eigenvalue weighted by Crippen LogP contribution is 2.35. The molecule has 0 bridgehead atoms. The van der Waals surface area contributed by atoms with Crippen LogP contribution in [0.4, 0.5) is 0 Å². The van der Waals surface area contributed by atoms with Crippen LogP contribution < -0.4 is 0 Å². The van der Waals surface area contributed by atoms with Crippen molar-refractivity contribution in [3.8, 4) is 11.1 Å². The number of hydrogen-bond donors (Lipinski definition) is 0. The highest BCUT2D eigenvalue weighted by Gasteiger charge is 2.09. The number of carbonyl (C=O) groups excluding carboxylic acids is 1. The quantitative estimate of drug-likeness (QED) is 0.763. The highest BCUT2D eigenvalue weighted by atomic mass is 35.5. The van der Waals surface area contributed by atoms with Crippen LogP contribution in [-0.2, 0) is 4.74 Å². The number of benzene rings is 1. The molecule has 0 aliphatic rings. The SMILES string of the molecule is COC(=O)c1ccc(-c2cc(C)sc2Cl)cc1. The lowest BCUT2D eigenvalue weighted by Crippen LogP contribution is -2.00. The molecule has 0 atom stereocenters. The predicted octanol–water partition coefficient (Wildman–Crippen LogP) is 4.16. The number of rotatable bonds is 2. The van der Waals surface area contributed by atoms with Crippen molar-refractivity contribution in [3.05, 3.63) is 45.1 Å². The van der Waals surface area contributed by atoms with Gasteiger partial charge in [0.05, 0.1) is 12.7 Å². The average molecular weight is 267 g/mol. The van der Waals surface area contributed by atoms with Crippen LogP contribution in [0.15, 0.2) is 30.3 Å². The highest BCUT2D eigenvalue weighted by molar-refractivity contribution is 7.16. The van der Waals surface area contributed by atoms with E-state index in [4.69, 9.17) is 11.6 Å². The van der Waals surface area contributed by atoms with Gasteiger partial charge in [-0.2, -0.15) is 0 Å². The lowest BCUT2D eigenvalue weighted by atomic mass is 10.1. The molecule has 4 heteroatoms. The van der Waals surface area contributed by atoms with Crippen molar-refractivity contribution in [2.45, 2.75) is 6.92 Å². The molecule has 0 saturated carbocycles. The molecule has 0 N–H and O–H groups in total. The van der Waals surface area contributed by atoms with Crippen molar-refractivity contribution in [3.63, 3.8) is 0 Å². The zero-order chi connectivity index (χ0) is 12.4. The van der Waals surface area contributed by atoms with Gasteiger partial charge in [-0.3, -0.25) is 0 Å². The van der Waals surface area contributed by atoms with Crippen LogP contribution in [0, 0.1) is 6.92 Å². The maximum atomic E-state index is 11.3. The Balaban J connectivity index is 2.35. The summed E-state index contributed by atoms with van der Waals surface area (Å²) in [4.78, 5) is 12.5. The number of hydrogen-bond acceptors (Lipinski definition) is 3. The molecule has 17 heavy (non-hydrogen) atoms. The van der Waals surface area contributed by atoms with Crippen LogP contribution in [0.25, 0.3) is 11.1 Å². The zero-order valence-electron chi connectivity index (χ0n) is 9.49. The fourth-order valence-electron chi connectivity index (χ4n) is 1.59. The van der Waals surface area contributed by atoms with Gasteiger partial charge in [0, 0.05) is 10.4 Å². The maximum Gasteiger partial charge on any atom is 0.337 e. The van der Waals surface area contributed by atoms with E-state index in [2.05, 4.69) is 4.74 Å². The lowest BCUT2D eigenvalue weighted by molar-refractivity contribution is 0.0601. The molecular weight excluding hydrogens is 256 g/mol. The van der Waals surface area contributed by atoms with E-state index < -0.39 is 0 Å². The molecule has 1 heterocycles. The molecule has 0 radical (unpaired) electrons. The normalized spacial score (nSPS) is 10.3. The Hall–Kier alpha value is -1.32. The fraction of sp³-hybridized carbons (Fsp3) is 0.154. The van der Waals surface area contributed by atoms with Crippen molar-refractivity contribution in [1.29, 1.82) is 0 Å². The molecule has 1 aromatic heterocycles. The summed E-state index contributed by atoms with van der Waals surface area (Å²) in [5, 5.41) is 0. The van der Waals surface area contributed by atoms with Crippen LogP contribution in [0.2, 0.25) is 4.34 Å². The van der Waals surface area contributed by atoms with Crippen LogP contribution in [0.5, 0.6) is 0 Å². The summed E-state index contributed by atoms with van der Waals surface area (Å²) >= 11 is 7.69. The summed E-state index contributed by atoms with van der Waals surface area (Å²) in [6, 6.07) is 9.27. The van der Waals surface area contributed by atoms with E-state index in [9.17, 15) is 4.79 Å². The molecule has 1 aromatic carbocycles. The molecule has 2 nitrogen and oxygen atoms in total. The van der Waals surface area contributed by atoms with Gasteiger partial charge in [0.25, 0.3) is 0 Å². The zero-order valence-corrected chi connectivity index (χ0v) is 11.1. The molecule has 88 valence electrons. The van der Waals surface area contributed by atoms with Gasteiger partial charge in [0.1, 0.15) is 4.34 Å². The molecule has 0 amide bonds. The van der Waals surface area contributed by atoms with Crippen LogP contribution >= 0.6 is 22.9 Å². The van der Waals surface area contributed by atoms with E-state index in [1.807, 2.05) is 25.1 Å². The van der Waals surface area contributed by atoms with Crippen molar-refractivity contribution >= 4 is 28.9 Å². The Morgan fingerprint density at radius 1 is 1.29 bits per heavy atom. The minimum atomic E-state index is -0.329. The number of methoxy groups -OCH3 is 1. The minimum Gasteiger partial charge on any atom is -0.465 e. The van der Waals surface area contributed by atoms with Crippen LogP contribution in [-0.4, -0.2) is 13.1 Å². The molecule has 0 aliphatic carbocycles. The van der Waals surface area contributed by atoms with Gasteiger partial charge in [-0.25, -0.2) is 4.79 Å². The van der Waals surface area contributed by atoms with Crippen molar-refractivity contribution < 1.29 is 9.53 Å². The Morgan fingerprint density at radius 3 is 2.41 bits per heavy atom. The molecule has 2 aromatic rings. The van der Waals surface area contributed by atoms with Crippen molar-refractivity contribution in [2.75, 3.05) is 7.11 Å². The third-order valence-electron chi connectivity index (χ3n) is 2.43. The second-order valence-corrected chi connectivity index (χ2v) is 5.47. The van der Waals surface area contributed by atoms with Gasteiger partial charge in [-0.15, -0.1) is 11.3 Å². The Bertz CT molecular complexity index is 543. The summed E-state index contributed by atoms with van der Waals surface area (Å²) in [7, 11) is 1.37. The van der Waals surface area contributed by atoms with E-state index in [1.165, 1.54) is 12.0 Å². The molecule has 0 unspecified atom stereocenters. The number of carbonyl (C=O) groups is 1. The van der Waals surface area contributed by atoms with Gasteiger partial charge in [-0.05, 0) is 30.7 Å². The first kappa shape index (κ1) is 12.1. The summed E-state index contributed by atoms with van der Waals surface area (Å²) < 4.78 is 5.42. The first-order chi connectivity index (χ1) is 8.11.